The summed E-state index contributed by atoms with van der Waals surface area (Å²) in [7, 11) is 0. The van der Waals surface area contributed by atoms with E-state index in [0.29, 0.717) is 0 Å². The van der Waals surface area contributed by atoms with E-state index >= 15 is 0 Å². The Labute approximate surface area is 87.2 Å². The molecule has 3 heteroatoms. The van der Waals surface area contributed by atoms with Crippen LogP contribution >= 0.6 is 0 Å². The van der Waals surface area contributed by atoms with Gasteiger partial charge >= 0.3 is 0 Å². The fourth-order valence-electron chi connectivity index (χ4n) is 1.78. The van der Waals surface area contributed by atoms with Crippen molar-refractivity contribution in [2.45, 2.75) is 26.2 Å². The lowest BCUT2D eigenvalue weighted by atomic mass is 9.97. The summed E-state index contributed by atoms with van der Waals surface area (Å²) in [5, 5.41) is 3.42. The molecular weight excluding hydrogens is 178 g/mol. The minimum Gasteiger partial charge on any atom is -0.379 e. The Balaban J connectivity index is 1.82. The van der Waals surface area contributed by atoms with Crippen LogP contribution in [0, 0.1) is 5.92 Å². The van der Waals surface area contributed by atoms with Crippen molar-refractivity contribution in [1.29, 1.82) is 0 Å². The summed E-state index contributed by atoms with van der Waals surface area (Å²) in [6, 6.07) is 0. The molecule has 0 amide bonds. The highest BCUT2D eigenvalue weighted by molar-refractivity contribution is 4.68. The molecule has 3 nitrogen and oxygen atoms in total. The van der Waals surface area contributed by atoms with Gasteiger partial charge in [0.05, 0.1) is 13.2 Å². The van der Waals surface area contributed by atoms with E-state index in [1.165, 1.54) is 32.4 Å². The number of rotatable bonds is 7. The fourth-order valence-corrected chi connectivity index (χ4v) is 1.78. The minimum absolute atomic E-state index is 0.736. The summed E-state index contributed by atoms with van der Waals surface area (Å²) in [4.78, 5) is 0. The van der Waals surface area contributed by atoms with E-state index in [1.54, 1.807) is 0 Å². The van der Waals surface area contributed by atoms with Crippen molar-refractivity contribution in [3.63, 3.8) is 0 Å². The first kappa shape index (κ1) is 12.0. The van der Waals surface area contributed by atoms with Crippen molar-refractivity contribution in [1.82, 2.24) is 5.32 Å². The first-order valence-electron chi connectivity index (χ1n) is 5.79. The average molecular weight is 201 g/mol. The molecule has 0 aromatic heterocycles. The van der Waals surface area contributed by atoms with Crippen molar-refractivity contribution in [3.05, 3.63) is 0 Å². The number of ether oxygens (including phenoxy) is 2. The lowest BCUT2D eigenvalue weighted by Crippen LogP contribution is -2.30. The predicted octanol–water partition coefficient (Wildman–Crippen LogP) is 1.43. The molecule has 1 rings (SSSR count). The third kappa shape index (κ3) is 5.58. The molecule has 0 bridgehead atoms. The maximum absolute atomic E-state index is 5.49. The van der Waals surface area contributed by atoms with Crippen LogP contribution in [0.4, 0.5) is 0 Å². The SMILES string of the molecule is CCOCCOCCC1CCCNC1. The van der Waals surface area contributed by atoms with Crippen LogP contribution in [0.1, 0.15) is 26.2 Å². The molecule has 1 unspecified atom stereocenters. The molecule has 14 heavy (non-hydrogen) atoms. The van der Waals surface area contributed by atoms with Crippen LogP contribution in [0.3, 0.4) is 0 Å². The van der Waals surface area contributed by atoms with E-state index < -0.39 is 0 Å². The van der Waals surface area contributed by atoms with Crippen LogP contribution in [0.25, 0.3) is 0 Å². The van der Waals surface area contributed by atoms with Gasteiger partial charge < -0.3 is 14.8 Å². The van der Waals surface area contributed by atoms with Crippen molar-refractivity contribution >= 4 is 0 Å². The van der Waals surface area contributed by atoms with Crippen LogP contribution in [-0.4, -0.2) is 39.5 Å². The van der Waals surface area contributed by atoms with Gasteiger partial charge in [-0.25, -0.2) is 0 Å². The largest absolute Gasteiger partial charge is 0.379 e. The van der Waals surface area contributed by atoms with Gasteiger partial charge in [-0.15, -0.1) is 0 Å². The molecule has 1 heterocycles. The Kier molecular flexibility index (Phi) is 7.01. The van der Waals surface area contributed by atoms with Gasteiger partial charge in [-0.3, -0.25) is 0 Å². The molecule has 0 aliphatic carbocycles. The van der Waals surface area contributed by atoms with Crippen molar-refractivity contribution < 1.29 is 9.47 Å². The molecule has 1 atom stereocenters. The topological polar surface area (TPSA) is 30.5 Å². The molecule has 0 saturated carbocycles. The Hall–Kier alpha value is -0.120. The summed E-state index contributed by atoms with van der Waals surface area (Å²) in [5.41, 5.74) is 0. The second-order valence-electron chi connectivity index (χ2n) is 3.81. The molecule has 1 aliphatic heterocycles. The zero-order valence-corrected chi connectivity index (χ0v) is 9.26. The van der Waals surface area contributed by atoms with Gasteiger partial charge in [0, 0.05) is 13.2 Å². The minimum atomic E-state index is 0.736. The molecule has 1 N–H and O–H groups in total. The van der Waals surface area contributed by atoms with E-state index in [4.69, 9.17) is 9.47 Å². The number of hydrogen-bond acceptors (Lipinski definition) is 3. The van der Waals surface area contributed by atoms with Crippen LogP contribution < -0.4 is 5.32 Å². The second-order valence-corrected chi connectivity index (χ2v) is 3.81. The Morgan fingerprint density at radius 3 is 2.79 bits per heavy atom. The van der Waals surface area contributed by atoms with Gasteiger partial charge in [0.1, 0.15) is 0 Å². The van der Waals surface area contributed by atoms with Gasteiger partial charge in [-0.1, -0.05) is 0 Å². The van der Waals surface area contributed by atoms with Crippen molar-refractivity contribution in [2.75, 3.05) is 39.5 Å². The maximum atomic E-state index is 5.49. The van der Waals surface area contributed by atoms with Crippen LogP contribution in [0.15, 0.2) is 0 Å². The van der Waals surface area contributed by atoms with E-state index in [-0.39, 0.29) is 0 Å². The van der Waals surface area contributed by atoms with E-state index in [2.05, 4.69) is 5.32 Å². The normalized spacial score (nSPS) is 22.5. The fraction of sp³-hybridized carbons (Fsp3) is 1.00. The lowest BCUT2D eigenvalue weighted by molar-refractivity contribution is 0.0463. The van der Waals surface area contributed by atoms with Gasteiger partial charge in [0.2, 0.25) is 0 Å². The van der Waals surface area contributed by atoms with E-state index in [0.717, 1.165) is 32.3 Å². The zero-order valence-electron chi connectivity index (χ0n) is 9.26. The monoisotopic (exact) mass is 201 g/mol. The molecule has 0 aromatic rings. The standard InChI is InChI=1S/C11H23NO2/c1-2-13-8-9-14-7-5-11-4-3-6-12-10-11/h11-12H,2-10H2,1H3. The smallest absolute Gasteiger partial charge is 0.0700 e. The quantitative estimate of drug-likeness (QED) is 0.632. The van der Waals surface area contributed by atoms with Crippen molar-refractivity contribution in [3.8, 4) is 0 Å². The highest BCUT2D eigenvalue weighted by atomic mass is 16.5. The molecule has 0 aromatic carbocycles. The first-order valence-corrected chi connectivity index (χ1v) is 5.79. The van der Waals surface area contributed by atoms with Gasteiger partial charge in [0.15, 0.2) is 0 Å². The van der Waals surface area contributed by atoms with Gasteiger partial charge in [0.25, 0.3) is 0 Å². The summed E-state index contributed by atoms with van der Waals surface area (Å²) < 4.78 is 10.7. The number of hydrogen-bond donors (Lipinski definition) is 1. The summed E-state index contributed by atoms with van der Waals surface area (Å²) in [6.07, 6.45) is 3.88. The first-order chi connectivity index (χ1) is 6.93. The summed E-state index contributed by atoms with van der Waals surface area (Å²) >= 11 is 0. The van der Waals surface area contributed by atoms with Crippen molar-refractivity contribution in [2.24, 2.45) is 5.92 Å². The zero-order chi connectivity index (χ0) is 10.1. The third-order valence-electron chi connectivity index (χ3n) is 2.65. The Morgan fingerprint density at radius 1 is 1.21 bits per heavy atom. The van der Waals surface area contributed by atoms with Gasteiger partial charge in [-0.2, -0.15) is 0 Å². The lowest BCUT2D eigenvalue weighted by Gasteiger charge is -2.22. The molecule has 84 valence electrons. The molecule has 0 spiro atoms. The Morgan fingerprint density at radius 2 is 2.07 bits per heavy atom. The van der Waals surface area contributed by atoms with Gasteiger partial charge in [-0.05, 0) is 45.2 Å². The number of piperidine rings is 1. The van der Waals surface area contributed by atoms with E-state index in [1.807, 2.05) is 6.92 Å². The maximum Gasteiger partial charge on any atom is 0.0700 e. The van der Waals surface area contributed by atoms with E-state index in [9.17, 15) is 0 Å². The molecule has 1 aliphatic rings. The third-order valence-corrected chi connectivity index (χ3v) is 2.65. The summed E-state index contributed by atoms with van der Waals surface area (Å²) in [6.45, 7) is 7.53. The highest BCUT2D eigenvalue weighted by Crippen LogP contribution is 2.13. The van der Waals surface area contributed by atoms with Crippen LogP contribution in [0.2, 0.25) is 0 Å². The molecule has 1 saturated heterocycles. The average Bonchev–Trinajstić information content (AvgIpc) is 2.25. The number of nitrogens with one attached hydrogen (secondary N) is 1. The molecular formula is C11H23NO2. The summed E-state index contributed by atoms with van der Waals surface area (Å²) in [5.74, 6) is 0.829. The Bertz CT molecular complexity index is 124. The predicted molar refractivity (Wildman–Crippen MR) is 57.5 cm³/mol. The molecule has 1 fully saturated rings. The molecule has 0 radical (unpaired) electrons. The van der Waals surface area contributed by atoms with Crippen LogP contribution in [-0.2, 0) is 9.47 Å². The highest BCUT2D eigenvalue weighted by Gasteiger charge is 2.11. The second kappa shape index (κ2) is 8.21. The van der Waals surface area contributed by atoms with Crippen LogP contribution in [0.5, 0.6) is 0 Å².